The topological polar surface area (TPSA) is 55.1 Å². The van der Waals surface area contributed by atoms with Gasteiger partial charge in [-0.25, -0.2) is 9.97 Å². The largest absolute Gasteiger partial charge is 0.306 e. The molecule has 0 aromatic carbocycles. The smallest absolute Gasteiger partial charge is 0.194 e. The van der Waals surface area contributed by atoms with Crippen LogP contribution in [0.25, 0.3) is 4.96 Å². The summed E-state index contributed by atoms with van der Waals surface area (Å²) >= 11 is 3.20. The fraction of sp³-hybridized carbons (Fsp3) is 0.357. The maximum absolute atomic E-state index is 4.71. The molecule has 3 rings (SSSR count). The zero-order valence-corrected chi connectivity index (χ0v) is 13.8. The molecule has 0 radical (unpaired) electrons. The Balaban J connectivity index is 1.92. The van der Waals surface area contributed by atoms with Gasteiger partial charge in [-0.05, 0) is 32.5 Å². The van der Waals surface area contributed by atoms with Gasteiger partial charge in [-0.15, -0.1) is 11.3 Å². The molecule has 1 N–H and O–H groups in total. The predicted octanol–water partition coefficient (Wildman–Crippen LogP) is 3.23. The third-order valence-corrected chi connectivity index (χ3v) is 4.55. The lowest BCUT2D eigenvalue weighted by molar-refractivity contribution is 0.418. The van der Waals surface area contributed by atoms with Crippen LogP contribution >= 0.6 is 23.1 Å². The summed E-state index contributed by atoms with van der Waals surface area (Å²) < 4.78 is 2.14. The fourth-order valence-electron chi connectivity index (χ4n) is 1.84. The van der Waals surface area contributed by atoms with E-state index < -0.39 is 0 Å². The Morgan fingerprint density at radius 1 is 1.33 bits per heavy atom. The number of rotatable bonds is 4. The number of nitrogens with zero attached hydrogens (tertiary/aromatic N) is 4. The highest BCUT2D eigenvalue weighted by atomic mass is 32.2. The van der Waals surface area contributed by atoms with Gasteiger partial charge >= 0.3 is 0 Å². The van der Waals surface area contributed by atoms with Crippen LogP contribution in [0.3, 0.4) is 0 Å². The van der Waals surface area contributed by atoms with Crippen molar-refractivity contribution in [3.63, 3.8) is 0 Å². The minimum absolute atomic E-state index is 0.0642. The third-order valence-electron chi connectivity index (χ3n) is 2.85. The molecule has 0 spiro atoms. The summed E-state index contributed by atoms with van der Waals surface area (Å²) in [5.74, 6) is 0. The second-order valence-corrected chi connectivity index (χ2v) is 7.55. The number of aromatic nitrogens is 4. The first-order valence-electron chi connectivity index (χ1n) is 6.66. The summed E-state index contributed by atoms with van der Waals surface area (Å²) in [5.41, 5.74) is 1.23. The van der Waals surface area contributed by atoms with Gasteiger partial charge in [-0.3, -0.25) is 9.38 Å². The Morgan fingerprint density at radius 2 is 2.19 bits per heavy atom. The number of thiazole rings is 1. The Kier molecular flexibility index (Phi) is 3.97. The number of hydrogen-bond donors (Lipinski definition) is 1. The standard InChI is InChI=1S/C14H17N5S2/c1-14(2,3)17-8-10-12(18-13-19(10)6-7-20-13)21-11-9-15-4-5-16-11/h4-7,9,17H,8H2,1-3H3. The molecule has 0 amide bonds. The minimum atomic E-state index is 0.0642. The maximum Gasteiger partial charge on any atom is 0.194 e. The average Bonchev–Trinajstić information content (AvgIpc) is 2.98. The molecular formula is C14H17N5S2. The maximum atomic E-state index is 4.71. The molecule has 7 heteroatoms. The highest BCUT2D eigenvalue weighted by Crippen LogP contribution is 2.30. The van der Waals surface area contributed by atoms with E-state index in [4.69, 9.17) is 4.98 Å². The van der Waals surface area contributed by atoms with Crippen molar-refractivity contribution in [2.75, 3.05) is 0 Å². The molecule has 0 bridgehead atoms. The van der Waals surface area contributed by atoms with Crippen LogP contribution in [-0.4, -0.2) is 24.9 Å². The average molecular weight is 319 g/mol. The molecule has 5 nitrogen and oxygen atoms in total. The van der Waals surface area contributed by atoms with Gasteiger partial charge in [-0.1, -0.05) is 0 Å². The van der Waals surface area contributed by atoms with Gasteiger partial charge in [0.05, 0.1) is 11.9 Å². The van der Waals surface area contributed by atoms with Crippen molar-refractivity contribution in [1.29, 1.82) is 0 Å². The minimum Gasteiger partial charge on any atom is -0.306 e. The van der Waals surface area contributed by atoms with E-state index in [-0.39, 0.29) is 5.54 Å². The van der Waals surface area contributed by atoms with E-state index in [0.29, 0.717) is 0 Å². The van der Waals surface area contributed by atoms with Crippen molar-refractivity contribution >= 4 is 28.1 Å². The second-order valence-electron chi connectivity index (χ2n) is 5.67. The molecule has 3 aromatic heterocycles. The summed E-state index contributed by atoms with van der Waals surface area (Å²) in [6, 6.07) is 0. The summed E-state index contributed by atoms with van der Waals surface area (Å²) in [4.78, 5) is 14.1. The van der Waals surface area contributed by atoms with Crippen LogP contribution < -0.4 is 5.32 Å². The molecule has 0 aliphatic heterocycles. The zero-order chi connectivity index (χ0) is 14.9. The third kappa shape index (κ3) is 3.42. The second kappa shape index (κ2) is 5.75. The lowest BCUT2D eigenvalue weighted by Crippen LogP contribution is -2.35. The molecule has 0 fully saturated rings. The summed E-state index contributed by atoms with van der Waals surface area (Å²) in [7, 11) is 0. The van der Waals surface area contributed by atoms with E-state index in [1.54, 1.807) is 41.7 Å². The van der Waals surface area contributed by atoms with Gasteiger partial charge < -0.3 is 5.32 Å². The van der Waals surface area contributed by atoms with Gasteiger partial charge in [0, 0.05) is 36.1 Å². The van der Waals surface area contributed by atoms with Crippen molar-refractivity contribution in [2.45, 2.75) is 42.9 Å². The molecule has 0 aliphatic rings. The van der Waals surface area contributed by atoms with E-state index in [9.17, 15) is 0 Å². The van der Waals surface area contributed by atoms with E-state index in [0.717, 1.165) is 27.3 Å². The summed E-state index contributed by atoms with van der Waals surface area (Å²) in [6.45, 7) is 7.25. The van der Waals surface area contributed by atoms with Gasteiger partial charge in [0.1, 0.15) is 10.1 Å². The fourth-order valence-corrected chi connectivity index (χ4v) is 3.48. The molecule has 0 atom stereocenters. The highest BCUT2D eigenvalue weighted by molar-refractivity contribution is 7.99. The Morgan fingerprint density at radius 3 is 2.90 bits per heavy atom. The summed E-state index contributed by atoms with van der Waals surface area (Å²) in [6.07, 6.45) is 7.21. The van der Waals surface area contributed by atoms with Crippen LogP contribution in [0.15, 0.2) is 40.2 Å². The number of fused-ring (bicyclic) bond motifs is 1. The van der Waals surface area contributed by atoms with Crippen molar-refractivity contribution in [2.24, 2.45) is 0 Å². The van der Waals surface area contributed by atoms with E-state index in [2.05, 4.69) is 52.0 Å². The predicted molar refractivity (Wildman–Crippen MR) is 85.8 cm³/mol. The number of nitrogens with one attached hydrogen (secondary N) is 1. The van der Waals surface area contributed by atoms with Crippen LogP contribution in [0.2, 0.25) is 0 Å². The molecular weight excluding hydrogens is 302 g/mol. The molecule has 3 aromatic rings. The molecule has 0 aliphatic carbocycles. The monoisotopic (exact) mass is 319 g/mol. The Hall–Kier alpha value is -1.44. The molecule has 3 heterocycles. The van der Waals surface area contributed by atoms with Crippen molar-refractivity contribution in [3.05, 3.63) is 35.9 Å². The van der Waals surface area contributed by atoms with Gasteiger partial charge in [0.15, 0.2) is 4.96 Å². The van der Waals surface area contributed by atoms with Crippen LogP contribution in [0.1, 0.15) is 26.5 Å². The van der Waals surface area contributed by atoms with Crippen LogP contribution in [0, 0.1) is 0 Å². The van der Waals surface area contributed by atoms with Crippen LogP contribution in [-0.2, 0) is 6.54 Å². The van der Waals surface area contributed by atoms with Crippen molar-refractivity contribution in [1.82, 2.24) is 24.7 Å². The van der Waals surface area contributed by atoms with Crippen molar-refractivity contribution < 1.29 is 0 Å². The number of imidazole rings is 1. The van der Waals surface area contributed by atoms with Crippen molar-refractivity contribution in [3.8, 4) is 0 Å². The van der Waals surface area contributed by atoms with E-state index >= 15 is 0 Å². The number of hydrogen-bond acceptors (Lipinski definition) is 6. The lowest BCUT2D eigenvalue weighted by atomic mass is 10.1. The first-order chi connectivity index (χ1) is 10.0. The van der Waals surface area contributed by atoms with Crippen LogP contribution in [0.4, 0.5) is 0 Å². The lowest BCUT2D eigenvalue weighted by Gasteiger charge is -2.20. The van der Waals surface area contributed by atoms with Gasteiger partial charge in [0.25, 0.3) is 0 Å². The Bertz CT molecular complexity index is 727. The summed E-state index contributed by atoms with van der Waals surface area (Å²) in [5, 5.41) is 7.43. The zero-order valence-electron chi connectivity index (χ0n) is 12.2. The molecule has 0 unspecified atom stereocenters. The van der Waals surface area contributed by atoms with Gasteiger partial charge in [0.2, 0.25) is 0 Å². The first kappa shape index (κ1) is 14.5. The molecule has 21 heavy (non-hydrogen) atoms. The van der Waals surface area contributed by atoms with E-state index in [1.165, 1.54) is 0 Å². The first-order valence-corrected chi connectivity index (χ1v) is 8.36. The molecule has 110 valence electrons. The normalized spacial score (nSPS) is 12.1. The van der Waals surface area contributed by atoms with Gasteiger partial charge in [-0.2, -0.15) is 0 Å². The Labute approximate surface area is 131 Å². The molecule has 0 saturated carbocycles. The highest BCUT2D eigenvalue weighted by Gasteiger charge is 2.17. The molecule has 0 saturated heterocycles. The quantitative estimate of drug-likeness (QED) is 0.800. The SMILES string of the molecule is CC(C)(C)NCc1c(Sc2cnccn2)nc2sccn12. The van der Waals surface area contributed by atoms with Crippen LogP contribution in [0.5, 0.6) is 0 Å². The van der Waals surface area contributed by atoms with E-state index in [1.807, 2.05) is 0 Å².